The lowest BCUT2D eigenvalue weighted by atomic mass is 9.69. The van der Waals surface area contributed by atoms with E-state index in [4.69, 9.17) is 26.6 Å². The van der Waals surface area contributed by atoms with E-state index in [9.17, 15) is 4.79 Å². The molecule has 2 saturated heterocycles. The number of Topliss-reactive ketones (excluding diaryl/α,β-unsaturated/α-hetero) is 1. The standard InChI is InChI=1S/C45H33ClN4O2S/c1-25-19-26(2)39-30(20-25)21-32(44(46)49-39)37-36-23-53-24-50(36)45(38(37)42(52)28-13-7-4-8-14-28)33-16-10-9-15-31(33)40-43(45)48-35-22-29(17-18-34(35)47-40)41(51)27-11-5-3-6-12-27/h3-22,36-38H,23-24H2,1-2H3/t36-,37-,38-,45?/m0/s1. The second-order valence-corrected chi connectivity index (χ2v) is 15.8. The van der Waals surface area contributed by atoms with Crippen LogP contribution in [-0.4, -0.2) is 49.1 Å². The first kappa shape index (κ1) is 32.4. The molecular formula is C45H33ClN4O2S. The van der Waals surface area contributed by atoms with Crippen LogP contribution in [0, 0.1) is 19.8 Å². The first-order chi connectivity index (χ1) is 25.8. The van der Waals surface area contributed by atoms with E-state index in [2.05, 4.69) is 55.1 Å². The van der Waals surface area contributed by atoms with Gasteiger partial charge in [-0.05, 0) is 60.9 Å². The molecule has 10 rings (SSSR count). The SMILES string of the molecule is Cc1cc(C)c2nc(Cl)c([C@@H]3[C@@H](C(=O)c4ccccc4)C4(c5ccccc5-c5nc6ccc(C(=O)c7ccccc7)cc6nc54)N4CSC[C@@H]34)cc2c1. The molecule has 2 fully saturated rings. The Labute approximate surface area is 316 Å². The average Bonchev–Trinajstić information content (AvgIpc) is 3.85. The third-order valence-electron chi connectivity index (χ3n) is 11.4. The molecular weight excluding hydrogens is 696 g/mol. The van der Waals surface area contributed by atoms with E-state index < -0.39 is 11.5 Å². The highest BCUT2D eigenvalue weighted by Gasteiger charge is 2.68. The highest BCUT2D eigenvalue weighted by Crippen LogP contribution is 2.65. The van der Waals surface area contributed by atoms with Crippen molar-refractivity contribution in [1.82, 2.24) is 19.9 Å². The normalized spacial score (nSPS) is 21.6. The molecule has 7 aromatic rings. The first-order valence-corrected chi connectivity index (χ1v) is 19.4. The van der Waals surface area contributed by atoms with Crippen LogP contribution >= 0.6 is 23.4 Å². The number of carbonyl (C=O) groups is 2. The van der Waals surface area contributed by atoms with Crippen LogP contribution in [0.5, 0.6) is 0 Å². The van der Waals surface area contributed by atoms with E-state index in [0.29, 0.717) is 38.8 Å². The molecule has 1 aliphatic carbocycles. The van der Waals surface area contributed by atoms with Gasteiger partial charge in [-0.15, -0.1) is 11.8 Å². The number of benzene rings is 5. The first-order valence-electron chi connectivity index (χ1n) is 17.9. The number of carbonyl (C=O) groups excluding carboxylic acids is 2. The van der Waals surface area contributed by atoms with Gasteiger partial charge in [0.05, 0.1) is 33.9 Å². The number of aromatic nitrogens is 3. The predicted octanol–water partition coefficient (Wildman–Crippen LogP) is 9.57. The maximum Gasteiger partial charge on any atom is 0.193 e. The number of pyridine rings is 1. The molecule has 3 aliphatic rings. The summed E-state index contributed by atoms with van der Waals surface area (Å²) in [6.45, 7) is 4.16. The number of rotatable bonds is 5. The Hall–Kier alpha value is -5.21. The van der Waals surface area contributed by atoms with Crippen LogP contribution in [0.15, 0.2) is 121 Å². The lowest BCUT2D eigenvalue weighted by molar-refractivity contribution is 0.0795. The molecule has 0 amide bonds. The van der Waals surface area contributed by atoms with Crippen molar-refractivity contribution in [2.24, 2.45) is 5.92 Å². The van der Waals surface area contributed by atoms with Gasteiger partial charge in [-0.3, -0.25) is 14.5 Å². The van der Waals surface area contributed by atoms with E-state index in [0.717, 1.165) is 55.9 Å². The van der Waals surface area contributed by atoms with Gasteiger partial charge in [0.15, 0.2) is 11.6 Å². The minimum atomic E-state index is -0.959. The molecule has 0 saturated carbocycles. The van der Waals surface area contributed by atoms with Crippen molar-refractivity contribution in [1.29, 1.82) is 0 Å². The highest BCUT2D eigenvalue weighted by molar-refractivity contribution is 7.99. The number of aryl methyl sites for hydroxylation is 2. The zero-order chi connectivity index (χ0) is 36.0. The molecule has 258 valence electrons. The van der Waals surface area contributed by atoms with Gasteiger partial charge in [0.1, 0.15) is 10.7 Å². The van der Waals surface area contributed by atoms with Crippen LogP contribution in [0.25, 0.3) is 33.2 Å². The summed E-state index contributed by atoms with van der Waals surface area (Å²) in [5, 5.41) is 1.44. The third-order valence-corrected chi connectivity index (χ3v) is 12.8. The number of fused-ring (bicyclic) bond motifs is 9. The molecule has 0 radical (unpaired) electrons. The summed E-state index contributed by atoms with van der Waals surface area (Å²) < 4.78 is 0. The van der Waals surface area contributed by atoms with Crippen LogP contribution in [0.3, 0.4) is 0 Å². The molecule has 8 heteroatoms. The van der Waals surface area contributed by atoms with Gasteiger partial charge in [0, 0.05) is 51.2 Å². The quantitative estimate of drug-likeness (QED) is 0.129. The molecule has 53 heavy (non-hydrogen) atoms. The van der Waals surface area contributed by atoms with E-state index in [1.165, 1.54) is 0 Å². The van der Waals surface area contributed by atoms with Gasteiger partial charge in [-0.25, -0.2) is 15.0 Å². The second-order valence-electron chi connectivity index (χ2n) is 14.4. The van der Waals surface area contributed by atoms with Crippen LogP contribution in [0.4, 0.5) is 0 Å². The lowest BCUT2D eigenvalue weighted by Gasteiger charge is -2.39. The number of ketones is 2. The smallest absolute Gasteiger partial charge is 0.193 e. The molecule has 0 bridgehead atoms. The van der Waals surface area contributed by atoms with Crippen LogP contribution in [-0.2, 0) is 5.54 Å². The largest absolute Gasteiger partial charge is 0.294 e. The van der Waals surface area contributed by atoms with E-state index in [1.54, 1.807) is 0 Å². The molecule has 2 aliphatic heterocycles. The summed E-state index contributed by atoms with van der Waals surface area (Å²) in [4.78, 5) is 47.4. The van der Waals surface area contributed by atoms with Crippen molar-refractivity contribution >= 4 is 56.9 Å². The van der Waals surface area contributed by atoms with Crippen molar-refractivity contribution in [2.45, 2.75) is 31.3 Å². The molecule has 1 spiro atoms. The highest BCUT2D eigenvalue weighted by atomic mass is 35.5. The zero-order valence-corrected chi connectivity index (χ0v) is 30.7. The maximum atomic E-state index is 15.5. The third kappa shape index (κ3) is 4.74. The topological polar surface area (TPSA) is 76.0 Å². The fraction of sp³-hybridized carbons (Fsp3) is 0.178. The minimum absolute atomic E-state index is 0.0316. The Morgan fingerprint density at radius 3 is 2.30 bits per heavy atom. The van der Waals surface area contributed by atoms with Crippen LogP contribution < -0.4 is 0 Å². The number of hydrogen-bond acceptors (Lipinski definition) is 7. The van der Waals surface area contributed by atoms with Gasteiger partial charge in [-0.1, -0.05) is 108 Å². The summed E-state index contributed by atoms with van der Waals surface area (Å²) in [5.41, 5.74) is 9.61. The van der Waals surface area contributed by atoms with E-state index in [1.807, 2.05) is 96.7 Å². The molecule has 0 N–H and O–H groups in total. The minimum Gasteiger partial charge on any atom is -0.294 e. The molecule has 2 aromatic heterocycles. The van der Waals surface area contributed by atoms with Gasteiger partial charge < -0.3 is 0 Å². The van der Waals surface area contributed by atoms with Crippen molar-refractivity contribution in [3.63, 3.8) is 0 Å². The summed E-state index contributed by atoms with van der Waals surface area (Å²) in [7, 11) is 0. The maximum absolute atomic E-state index is 15.5. The molecule has 4 heterocycles. The van der Waals surface area contributed by atoms with Crippen molar-refractivity contribution < 1.29 is 9.59 Å². The Morgan fingerprint density at radius 1 is 0.774 bits per heavy atom. The number of nitrogens with zero attached hydrogens (tertiary/aromatic N) is 4. The van der Waals surface area contributed by atoms with Gasteiger partial charge >= 0.3 is 0 Å². The number of hydrogen-bond donors (Lipinski definition) is 0. The summed E-state index contributed by atoms with van der Waals surface area (Å²) >= 11 is 9.13. The van der Waals surface area contributed by atoms with Crippen molar-refractivity contribution in [3.05, 3.63) is 171 Å². The average molecular weight is 729 g/mol. The molecule has 1 unspecified atom stereocenters. The fourth-order valence-electron chi connectivity index (χ4n) is 9.34. The number of thioether (sulfide) groups is 1. The van der Waals surface area contributed by atoms with Crippen LogP contribution in [0.2, 0.25) is 5.15 Å². The molecule has 4 atom stereocenters. The van der Waals surface area contributed by atoms with Gasteiger partial charge in [-0.2, -0.15) is 0 Å². The Kier molecular flexibility index (Phi) is 7.45. The zero-order valence-electron chi connectivity index (χ0n) is 29.1. The number of halogens is 1. The van der Waals surface area contributed by atoms with Gasteiger partial charge in [0.2, 0.25) is 0 Å². The van der Waals surface area contributed by atoms with Crippen molar-refractivity contribution in [2.75, 3.05) is 11.6 Å². The Bertz CT molecular complexity index is 2670. The molecule has 6 nitrogen and oxygen atoms in total. The van der Waals surface area contributed by atoms with E-state index >= 15 is 4.79 Å². The Balaban J connectivity index is 1.26. The summed E-state index contributed by atoms with van der Waals surface area (Å²) in [6, 6.07) is 39.2. The van der Waals surface area contributed by atoms with Crippen LogP contribution in [0.1, 0.15) is 60.1 Å². The second kappa shape index (κ2) is 12.2. The fourth-order valence-corrected chi connectivity index (χ4v) is 10.9. The lowest BCUT2D eigenvalue weighted by Crippen LogP contribution is -2.48. The Morgan fingerprint density at radius 2 is 1.51 bits per heavy atom. The van der Waals surface area contributed by atoms with E-state index in [-0.39, 0.29) is 23.5 Å². The van der Waals surface area contributed by atoms with Crippen molar-refractivity contribution in [3.8, 4) is 11.3 Å². The predicted molar refractivity (Wildman–Crippen MR) is 212 cm³/mol. The monoisotopic (exact) mass is 728 g/mol. The molecule has 5 aromatic carbocycles. The summed E-state index contributed by atoms with van der Waals surface area (Å²) in [6.07, 6.45) is 0. The summed E-state index contributed by atoms with van der Waals surface area (Å²) in [5.74, 6) is 0.568. The van der Waals surface area contributed by atoms with Gasteiger partial charge in [0.25, 0.3) is 0 Å².